The molecule has 6 saturated heterocycles. The van der Waals surface area contributed by atoms with Crippen molar-refractivity contribution in [1.29, 1.82) is 0 Å². The molecular formula is C77H83F18N11O8. The number of carbonyl (C=O) groups is 5. The highest BCUT2D eigenvalue weighted by molar-refractivity contribution is 5.82. The lowest BCUT2D eigenvalue weighted by atomic mass is 9.73. The molecule has 6 aromatic carbocycles. The molecule has 0 radical (unpaired) electrons. The molecule has 6 bridgehead atoms. The summed E-state index contributed by atoms with van der Waals surface area (Å²) in [6, 6.07) is 30.1. The number of rotatable bonds is 20. The number of piperidine rings is 3. The molecule has 620 valence electrons. The van der Waals surface area contributed by atoms with Gasteiger partial charge in [0.1, 0.15) is 0 Å². The number of halogens is 18. The van der Waals surface area contributed by atoms with Crippen LogP contribution in [0.15, 0.2) is 146 Å². The van der Waals surface area contributed by atoms with Crippen molar-refractivity contribution in [3.8, 4) is 0 Å². The number of amides is 7. The fourth-order valence-corrected chi connectivity index (χ4v) is 15.8. The Hall–Kier alpha value is -9.27. The van der Waals surface area contributed by atoms with Gasteiger partial charge in [0.05, 0.1) is 124 Å². The minimum atomic E-state index is -4.98. The van der Waals surface area contributed by atoms with Crippen LogP contribution in [0, 0.1) is 0 Å². The van der Waals surface area contributed by atoms with Crippen molar-refractivity contribution in [3.63, 3.8) is 0 Å². The number of ether oxygens (including phenoxy) is 3. The molecule has 0 aromatic heterocycles. The average molecular weight is 1630 g/mol. The van der Waals surface area contributed by atoms with Gasteiger partial charge in [-0.25, -0.2) is 9.59 Å². The van der Waals surface area contributed by atoms with Crippen LogP contribution in [0.3, 0.4) is 0 Å². The second-order valence-corrected chi connectivity index (χ2v) is 29.8. The first kappa shape index (κ1) is 87.1. The van der Waals surface area contributed by atoms with Crippen LogP contribution in [0.4, 0.5) is 88.6 Å². The van der Waals surface area contributed by atoms with Gasteiger partial charge in [-0.1, -0.05) is 91.0 Å². The van der Waals surface area contributed by atoms with E-state index in [-0.39, 0.29) is 112 Å². The molecule has 114 heavy (non-hydrogen) atoms. The van der Waals surface area contributed by atoms with Gasteiger partial charge < -0.3 is 58.0 Å². The number of nitrogens with zero attached hydrogens (tertiary/aromatic N) is 3. The van der Waals surface area contributed by atoms with E-state index in [0.717, 1.165) is 16.7 Å². The second-order valence-electron chi connectivity index (χ2n) is 29.8. The van der Waals surface area contributed by atoms with Gasteiger partial charge >= 0.3 is 49.1 Å². The van der Waals surface area contributed by atoms with Crippen LogP contribution in [0.25, 0.3) is 0 Å². The topological polar surface area (TPSA) is 261 Å². The number of carbonyl (C=O) groups excluding carboxylic acids is 5. The third-order valence-electron chi connectivity index (χ3n) is 22.0. The van der Waals surface area contributed by atoms with Gasteiger partial charge in [0.25, 0.3) is 0 Å². The van der Waals surface area contributed by atoms with Crippen LogP contribution in [0.2, 0.25) is 0 Å². The van der Waals surface area contributed by atoms with Crippen LogP contribution in [0.5, 0.6) is 0 Å². The smallest absolute Gasteiger partial charge is 0.372 e. The summed E-state index contributed by atoms with van der Waals surface area (Å²) in [5.74, 6) is -0.797. The number of hydrogen-bond donors (Lipinski definition) is 8. The van der Waals surface area contributed by atoms with E-state index in [2.05, 4.69) is 26.6 Å². The first-order valence-electron chi connectivity index (χ1n) is 35.9. The molecule has 0 spiro atoms. The zero-order valence-corrected chi connectivity index (χ0v) is 61.5. The van der Waals surface area contributed by atoms with E-state index in [1.54, 1.807) is 36.4 Å². The molecule has 6 aromatic rings. The number of fused-ring (bicyclic) bond motifs is 6. The summed E-state index contributed by atoms with van der Waals surface area (Å²) >= 11 is 0. The van der Waals surface area contributed by atoms with Gasteiger partial charge in [0.2, 0.25) is 17.7 Å². The minimum absolute atomic E-state index is 0.0211. The summed E-state index contributed by atoms with van der Waals surface area (Å²) in [6.45, 7) is 5.47. The van der Waals surface area contributed by atoms with Gasteiger partial charge in [-0.2, -0.15) is 79.0 Å². The van der Waals surface area contributed by atoms with Crippen LogP contribution in [-0.2, 0) is 82.3 Å². The van der Waals surface area contributed by atoms with E-state index in [1.165, 1.54) is 20.8 Å². The molecule has 0 saturated carbocycles. The molecule has 12 atom stereocenters. The number of urea groups is 2. The number of primary amides is 2. The molecule has 37 heteroatoms. The molecular weight excluding hydrogens is 1550 g/mol. The lowest BCUT2D eigenvalue weighted by molar-refractivity contribution is -0.145. The molecule has 12 rings (SSSR count). The molecule has 6 aliphatic heterocycles. The van der Waals surface area contributed by atoms with Crippen molar-refractivity contribution in [1.82, 2.24) is 41.3 Å². The predicted octanol–water partition coefficient (Wildman–Crippen LogP) is 13.3. The summed E-state index contributed by atoms with van der Waals surface area (Å²) in [7, 11) is 0. The van der Waals surface area contributed by atoms with E-state index in [1.807, 2.05) is 69.3 Å². The van der Waals surface area contributed by atoms with Crippen LogP contribution in [-0.4, -0.2) is 140 Å². The van der Waals surface area contributed by atoms with E-state index in [4.69, 9.17) is 31.4 Å². The van der Waals surface area contributed by atoms with Crippen molar-refractivity contribution in [2.75, 3.05) is 78.7 Å². The Balaban J connectivity index is 0.000000181. The van der Waals surface area contributed by atoms with Gasteiger partial charge in [0, 0.05) is 39.3 Å². The molecule has 6 aliphatic rings. The molecule has 19 nitrogen and oxygen atoms in total. The maximum atomic E-state index is 13.4. The predicted molar refractivity (Wildman–Crippen MR) is 376 cm³/mol. The zero-order valence-electron chi connectivity index (χ0n) is 61.5. The maximum Gasteiger partial charge on any atom is 0.416 e. The lowest BCUT2D eigenvalue weighted by Gasteiger charge is -2.57. The van der Waals surface area contributed by atoms with Crippen molar-refractivity contribution >= 4 is 29.8 Å². The van der Waals surface area contributed by atoms with Crippen molar-refractivity contribution < 1.29 is 117 Å². The summed E-state index contributed by atoms with van der Waals surface area (Å²) in [5, 5.41) is 13.9. The first-order valence-corrected chi connectivity index (χ1v) is 35.9. The van der Waals surface area contributed by atoms with Crippen LogP contribution >= 0.6 is 0 Å². The third kappa shape index (κ3) is 20.0. The SMILES string of the molecule is C[C@@H](OC[C@@]1(c2ccccc2)CC[C@]2(CN)CN1CC(=O)N2)c1cc(C(F)(F)F)cc(C(F)(F)F)c1.C[C@@H](OC[C@@]1(c2ccccc2)CC[C@]2(CNC(N)=O)CN1CC(=O)N2)c1cc(C(F)(F)F)cc(C(F)(F)F)c1.C[C@@H](OC[C@@]1(c2ccccc2)CC[C@]2(CNC(N)=O)CN1CC(=O)N2)c1cc(C(F)(F)F)cc(C(F)(F)F)c1. The molecule has 6 heterocycles. The monoisotopic (exact) mass is 1630 g/mol. The number of benzene rings is 6. The quantitative estimate of drug-likeness (QED) is 0.0332. The number of nitrogens with one attached hydrogen (secondary N) is 5. The number of hydrogen-bond acceptors (Lipinski definition) is 12. The Morgan fingerprint density at radius 2 is 0.614 bits per heavy atom. The van der Waals surface area contributed by atoms with Gasteiger partial charge in [-0.3, -0.25) is 29.1 Å². The summed E-state index contributed by atoms with van der Waals surface area (Å²) in [5.41, 5.74) is 4.81. The van der Waals surface area contributed by atoms with Crippen LogP contribution in [0.1, 0.15) is 144 Å². The van der Waals surface area contributed by atoms with Crippen molar-refractivity contribution in [3.05, 3.63) is 212 Å². The Morgan fingerprint density at radius 3 is 0.842 bits per heavy atom. The van der Waals surface area contributed by atoms with Crippen molar-refractivity contribution in [2.24, 2.45) is 17.2 Å². The molecule has 11 N–H and O–H groups in total. The molecule has 3 unspecified atom stereocenters. The van der Waals surface area contributed by atoms with E-state index >= 15 is 0 Å². The largest absolute Gasteiger partial charge is 0.416 e. The number of alkyl halides is 18. The standard InChI is InChI=1S/2C26H28F6N4O3.C25H27F6N3O2/c2*1-16(17-9-19(25(27,28)29)11-20(10-17)26(30,31)32)39-15-24(18-5-3-2-4-6-18)8-7-23(13-34-22(33)38)14-36(24)12-21(37)35-23;1-16(17-9-19(24(26,27)28)11-20(10-17)25(29,30)31)36-15-23(18-5-3-2-4-6-18)8-7-22(13-32)14-34(23)12-21(35)33-22/h2*2-6,9-11,16H,7-8,12-15H2,1H3,(H,35,37)(H3,33,34,38);2-6,9-11,16H,7-8,12-15,32H2,1H3,(H,33,35)/t2*16-,23+,24-;16-,22+,23-/m111/s1. The normalized spacial score (nSPS) is 26.5. The molecule has 6 fully saturated rings. The average Bonchev–Trinajstić information content (AvgIpc) is 0.741. The highest BCUT2D eigenvalue weighted by Crippen LogP contribution is 2.49. The second kappa shape index (κ2) is 33.1. The van der Waals surface area contributed by atoms with E-state index < -0.39 is 134 Å². The Bertz CT molecular complexity index is 4140. The Kier molecular flexibility index (Phi) is 25.3. The van der Waals surface area contributed by atoms with Gasteiger partial charge in [-0.05, 0) is 147 Å². The summed E-state index contributed by atoms with van der Waals surface area (Å²) < 4.78 is 259. The maximum absolute atomic E-state index is 13.4. The van der Waals surface area contributed by atoms with Gasteiger partial charge in [-0.15, -0.1) is 0 Å². The van der Waals surface area contributed by atoms with E-state index in [0.29, 0.717) is 94.6 Å². The Morgan fingerprint density at radius 1 is 0.386 bits per heavy atom. The van der Waals surface area contributed by atoms with Crippen LogP contribution < -0.4 is 43.8 Å². The highest BCUT2D eigenvalue weighted by Gasteiger charge is 2.57. The molecule has 7 amide bonds. The first-order chi connectivity index (χ1) is 53.0. The summed E-state index contributed by atoms with van der Waals surface area (Å²) in [4.78, 5) is 66.4. The lowest BCUT2D eigenvalue weighted by Crippen LogP contribution is -2.74. The fraction of sp³-hybridized carbons (Fsp3) is 0.468. The zero-order chi connectivity index (χ0) is 83.6. The van der Waals surface area contributed by atoms with Gasteiger partial charge in [0.15, 0.2) is 0 Å². The highest BCUT2D eigenvalue weighted by atomic mass is 19.4. The molecule has 0 aliphatic carbocycles. The summed E-state index contributed by atoms with van der Waals surface area (Å²) in [6.07, 6.45) is -30.4. The number of piperazine rings is 3. The van der Waals surface area contributed by atoms with Crippen molar-refractivity contribution in [2.45, 2.75) is 148 Å². The Labute approximate surface area is 642 Å². The number of nitrogens with two attached hydrogens (primary N) is 3. The third-order valence-corrected chi connectivity index (χ3v) is 22.0. The minimum Gasteiger partial charge on any atom is -0.372 e. The van der Waals surface area contributed by atoms with E-state index in [9.17, 15) is 103 Å². The fourth-order valence-electron chi connectivity index (χ4n) is 15.8.